The van der Waals surface area contributed by atoms with Gasteiger partial charge in [0.15, 0.2) is 23.4 Å². The van der Waals surface area contributed by atoms with Crippen molar-refractivity contribution < 1.29 is 37.4 Å². The molecule has 2 aromatic carbocycles. The van der Waals surface area contributed by atoms with Crippen LogP contribution in [0.5, 0.6) is 17.2 Å². The highest BCUT2D eigenvalue weighted by molar-refractivity contribution is 7.15. The molecule has 0 saturated heterocycles. The molecule has 3 aromatic heterocycles. The highest BCUT2D eigenvalue weighted by Gasteiger charge is 2.29. The highest BCUT2D eigenvalue weighted by Crippen LogP contribution is 2.41. The Balaban J connectivity index is 1.33. The maximum absolute atomic E-state index is 13.5. The van der Waals surface area contributed by atoms with Gasteiger partial charge >= 0.3 is 5.97 Å². The number of ether oxygens (including phenoxy) is 4. The van der Waals surface area contributed by atoms with Crippen LogP contribution in [-0.4, -0.2) is 38.3 Å². The fourth-order valence-corrected chi connectivity index (χ4v) is 5.60. The predicted octanol–water partition coefficient (Wildman–Crippen LogP) is 6.14. The first-order valence-corrected chi connectivity index (χ1v) is 14.0. The number of carbonyl (C=O) groups is 2. The zero-order valence-corrected chi connectivity index (χ0v) is 23.4. The van der Waals surface area contributed by atoms with Crippen molar-refractivity contribution in [3.63, 3.8) is 0 Å². The third-order valence-electron chi connectivity index (χ3n) is 6.69. The number of hydrogen-bond donors (Lipinski definition) is 1. The lowest BCUT2D eigenvalue weighted by Crippen LogP contribution is -2.34. The lowest BCUT2D eigenvalue weighted by molar-refractivity contribution is -0.122. The summed E-state index contributed by atoms with van der Waals surface area (Å²) < 4.78 is 33.9. The normalized spacial score (nSPS) is 13.0. The number of hydrogen-bond acceptors (Lipinski definition) is 10. The summed E-state index contributed by atoms with van der Waals surface area (Å²) in [6.45, 7) is 2.62. The number of anilines is 1. The van der Waals surface area contributed by atoms with E-state index >= 15 is 0 Å². The third kappa shape index (κ3) is 4.99. The predicted molar refractivity (Wildman–Crippen MR) is 156 cm³/mol. The number of thiophene rings is 1. The number of fused-ring (bicyclic) bond motifs is 2. The second-order valence-corrected chi connectivity index (χ2v) is 10.2. The van der Waals surface area contributed by atoms with Gasteiger partial charge in [-0.25, -0.2) is 4.79 Å². The van der Waals surface area contributed by atoms with E-state index < -0.39 is 23.4 Å². The first-order chi connectivity index (χ1) is 20.5. The van der Waals surface area contributed by atoms with E-state index in [1.54, 1.807) is 66.9 Å². The van der Waals surface area contributed by atoms with Gasteiger partial charge in [-0.2, -0.15) is 0 Å². The van der Waals surface area contributed by atoms with Gasteiger partial charge in [-0.15, -0.1) is 11.3 Å². The first kappa shape index (κ1) is 27.2. The number of methoxy groups -OCH3 is 1. The van der Waals surface area contributed by atoms with E-state index in [4.69, 9.17) is 27.8 Å². The van der Waals surface area contributed by atoms with E-state index in [-0.39, 0.29) is 34.3 Å². The van der Waals surface area contributed by atoms with Gasteiger partial charge in [0.1, 0.15) is 29.4 Å². The van der Waals surface area contributed by atoms with E-state index in [9.17, 15) is 14.4 Å². The SMILES string of the molecule is CCC(Oc1c(-c2ccco2)oc2ccccc2c1=O)C(=O)Nc1scc(-c2ccc3c(c2)OCCO3)c1C(=O)OC. The molecule has 0 bridgehead atoms. The zero-order valence-electron chi connectivity index (χ0n) is 22.6. The van der Waals surface area contributed by atoms with Crippen molar-refractivity contribution in [3.05, 3.63) is 82.0 Å². The number of carbonyl (C=O) groups excluding carboxylic acids is 2. The summed E-state index contributed by atoms with van der Waals surface area (Å²) in [7, 11) is 1.27. The lowest BCUT2D eigenvalue weighted by atomic mass is 10.0. The zero-order chi connectivity index (χ0) is 29.2. The monoisotopic (exact) mass is 587 g/mol. The third-order valence-corrected chi connectivity index (χ3v) is 7.59. The van der Waals surface area contributed by atoms with Crippen LogP contribution in [-0.2, 0) is 9.53 Å². The summed E-state index contributed by atoms with van der Waals surface area (Å²) in [6.07, 6.45) is 0.556. The van der Waals surface area contributed by atoms with E-state index in [0.29, 0.717) is 46.8 Å². The van der Waals surface area contributed by atoms with Gasteiger partial charge in [-0.1, -0.05) is 25.1 Å². The van der Waals surface area contributed by atoms with Crippen LogP contribution in [0.4, 0.5) is 5.00 Å². The smallest absolute Gasteiger partial charge is 0.341 e. The maximum Gasteiger partial charge on any atom is 0.341 e. The van der Waals surface area contributed by atoms with Crippen LogP contribution in [0.1, 0.15) is 23.7 Å². The minimum atomic E-state index is -1.10. The molecule has 1 unspecified atom stereocenters. The van der Waals surface area contributed by atoms with Crippen LogP contribution >= 0.6 is 11.3 Å². The second kappa shape index (κ2) is 11.5. The van der Waals surface area contributed by atoms with Crippen molar-refractivity contribution in [1.82, 2.24) is 0 Å². The Kier molecular flexibility index (Phi) is 7.41. The van der Waals surface area contributed by atoms with Gasteiger partial charge in [-0.3, -0.25) is 9.59 Å². The molecule has 0 radical (unpaired) electrons. The number of furan rings is 1. The Hall–Kier alpha value is -5.03. The average Bonchev–Trinajstić information content (AvgIpc) is 3.71. The highest BCUT2D eigenvalue weighted by atomic mass is 32.1. The van der Waals surface area contributed by atoms with E-state index in [0.717, 1.165) is 0 Å². The fraction of sp³-hybridized carbons (Fsp3) is 0.194. The molecular weight excluding hydrogens is 562 g/mol. The molecule has 1 atom stereocenters. The molecule has 1 aliphatic rings. The fourth-order valence-electron chi connectivity index (χ4n) is 4.64. The van der Waals surface area contributed by atoms with Gasteiger partial charge in [0, 0.05) is 10.9 Å². The van der Waals surface area contributed by atoms with Crippen molar-refractivity contribution in [1.29, 1.82) is 0 Å². The Labute approximate surface area is 243 Å². The van der Waals surface area contributed by atoms with Crippen molar-refractivity contribution >= 4 is 39.2 Å². The van der Waals surface area contributed by atoms with Crippen LogP contribution in [0.2, 0.25) is 0 Å². The molecule has 4 heterocycles. The number of para-hydroxylation sites is 1. The molecule has 0 fully saturated rings. The minimum Gasteiger partial charge on any atom is -0.486 e. The van der Waals surface area contributed by atoms with E-state index in [2.05, 4.69) is 5.32 Å². The van der Waals surface area contributed by atoms with Crippen molar-refractivity contribution in [3.8, 4) is 39.9 Å². The summed E-state index contributed by atoms with van der Waals surface area (Å²) in [5.41, 5.74) is 1.34. The van der Waals surface area contributed by atoms with Crippen LogP contribution in [0.3, 0.4) is 0 Å². The van der Waals surface area contributed by atoms with Gasteiger partial charge in [0.25, 0.3) is 5.91 Å². The molecule has 214 valence electrons. The number of rotatable bonds is 8. The Morgan fingerprint density at radius 1 is 1.05 bits per heavy atom. The van der Waals surface area contributed by atoms with E-state index in [1.807, 2.05) is 0 Å². The quantitative estimate of drug-likeness (QED) is 0.213. The van der Waals surface area contributed by atoms with Gasteiger partial charge < -0.3 is 33.1 Å². The molecule has 5 aromatic rings. The number of benzene rings is 2. The Morgan fingerprint density at radius 3 is 2.62 bits per heavy atom. The average molecular weight is 588 g/mol. The van der Waals surface area contributed by atoms with Crippen molar-refractivity contribution in [2.45, 2.75) is 19.4 Å². The molecule has 42 heavy (non-hydrogen) atoms. The summed E-state index contributed by atoms with van der Waals surface area (Å²) >= 11 is 1.17. The largest absolute Gasteiger partial charge is 0.486 e. The molecule has 1 amide bonds. The molecule has 1 aliphatic heterocycles. The first-order valence-electron chi connectivity index (χ1n) is 13.2. The molecule has 10 nitrogen and oxygen atoms in total. The van der Waals surface area contributed by atoms with E-state index in [1.165, 1.54) is 24.7 Å². The van der Waals surface area contributed by atoms with Gasteiger partial charge in [0.05, 0.1) is 18.8 Å². The second-order valence-electron chi connectivity index (χ2n) is 9.27. The van der Waals surface area contributed by atoms with Crippen LogP contribution in [0, 0.1) is 0 Å². The number of esters is 1. The number of nitrogens with one attached hydrogen (secondary N) is 1. The summed E-state index contributed by atoms with van der Waals surface area (Å²) in [5.74, 6) is 0.190. The minimum absolute atomic E-state index is 0.0715. The molecular formula is C31H25NO9S. The molecule has 0 spiro atoms. The molecule has 1 N–H and O–H groups in total. The standard InChI is InChI=1S/C31H25NO9S/c1-3-20(40-28-26(33)18-7-4-5-8-21(18)41-27(28)23-9-6-12-37-23)29(34)32-30-25(31(35)36-2)19(16-42-30)17-10-11-22-24(15-17)39-14-13-38-22/h4-12,15-16,20H,3,13-14H2,1-2H3,(H,32,34). The molecule has 11 heteroatoms. The summed E-state index contributed by atoms with van der Waals surface area (Å²) in [5, 5.41) is 5.13. The number of amides is 1. The molecule has 0 saturated carbocycles. The summed E-state index contributed by atoms with van der Waals surface area (Å²) in [4.78, 5) is 39.9. The van der Waals surface area contributed by atoms with Crippen molar-refractivity contribution in [2.75, 3.05) is 25.6 Å². The molecule has 0 aliphatic carbocycles. The van der Waals surface area contributed by atoms with Gasteiger partial charge in [0.2, 0.25) is 16.9 Å². The topological polar surface area (TPSA) is 126 Å². The maximum atomic E-state index is 13.5. The van der Waals surface area contributed by atoms with Crippen LogP contribution in [0.15, 0.2) is 79.9 Å². The van der Waals surface area contributed by atoms with Crippen LogP contribution in [0.25, 0.3) is 33.6 Å². The van der Waals surface area contributed by atoms with Crippen molar-refractivity contribution in [2.24, 2.45) is 0 Å². The summed E-state index contributed by atoms with van der Waals surface area (Å²) in [6, 6.07) is 15.4. The Bertz CT molecular complexity index is 1840. The van der Waals surface area contributed by atoms with Gasteiger partial charge in [-0.05, 0) is 48.4 Å². The molecule has 6 rings (SSSR count). The lowest BCUT2D eigenvalue weighted by Gasteiger charge is -2.19. The van der Waals surface area contributed by atoms with Crippen LogP contribution < -0.4 is 25.0 Å². The Morgan fingerprint density at radius 2 is 1.86 bits per heavy atom.